The Hall–Kier alpha value is -2.04. The van der Waals surface area contributed by atoms with Crippen molar-refractivity contribution in [3.63, 3.8) is 0 Å². The monoisotopic (exact) mass is 433 g/mol. The Morgan fingerprint density at radius 3 is 2.63 bits per heavy atom. The lowest BCUT2D eigenvalue weighted by Crippen LogP contribution is -2.42. The van der Waals surface area contributed by atoms with Crippen molar-refractivity contribution < 1.29 is 13.2 Å². The average Bonchev–Trinajstić information content (AvgIpc) is 3.36. The maximum Gasteiger partial charge on any atom is 0.255 e. The number of hydrogen-bond donors (Lipinski definition) is 1. The highest BCUT2D eigenvalue weighted by Crippen LogP contribution is 2.53. The molecule has 0 aromatic carbocycles. The van der Waals surface area contributed by atoms with Gasteiger partial charge in [-0.2, -0.15) is 4.98 Å². The van der Waals surface area contributed by atoms with Crippen LogP contribution in [0.3, 0.4) is 0 Å². The lowest BCUT2D eigenvalue weighted by Gasteiger charge is -2.30. The maximum atomic E-state index is 13.1. The van der Waals surface area contributed by atoms with Crippen molar-refractivity contribution in [1.82, 2.24) is 18.8 Å². The summed E-state index contributed by atoms with van der Waals surface area (Å²) in [5.41, 5.74) is 1.10. The molecule has 0 bridgehead atoms. The van der Waals surface area contributed by atoms with Crippen LogP contribution < -0.4 is 10.9 Å². The lowest BCUT2D eigenvalue weighted by molar-refractivity contribution is 0.0707. The molecule has 2 aromatic heterocycles. The fraction of sp³-hybridized carbons (Fsp3) is 0.650. The zero-order valence-corrected chi connectivity index (χ0v) is 18.1. The number of aryl methyl sites for hydroxylation is 1. The van der Waals surface area contributed by atoms with Gasteiger partial charge in [-0.15, -0.1) is 0 Å². The molecule has 2 aromatic rings. The quantitative estimate of drug-likeness (QED) is 0.777. The molecular formula is C20H27N5O4S. The molecule has 162 valence electrons. The number of piperidine rings is 1. The van der Waals surface area contributed by atoms with Crippen LogP contribution in [0.15, 0.2) is 17.1 Å². The van der Waals surface area contributed by atoms with E-state index in [1.807, 2.05) is 17.6 Å². The van der Waals surface area contributed by atoms with Crippen molar-refractivity contribution >= 4 is 27.0 Å². The standard InChI is InChI=1S/C20H27N5O4S/c1-13-11-14-12-21-19(22-15-3-8-24(9-4-15)30(2,27)28)23-17(14)25(18(13)26)16-5-10-29-20(16)6-7-20/h11-12,15-16H,3-10H2,1-2H3,(H,21,22,23). The van der Waals surface area contributed by atoms with Crippen LogP contribution in [0.5, 0.6) is 0 Å². The van der Waals surface area contributed by atoms with E-state index in [9.17, 15) is 13.2 Å². The number of pyridine rings is 1. The van der Waals surface area contributed by atoms with E-state index in [2.05, 4.69) is 10.3 Å². The van der Waals surface area contributed by atoms with Crippen molar-refractivity contribution in [2.75, 3.05) is 31.3 Å². The molecule has 2 aliphatic heterocycles. The van der Waals surface area contributed by atoms with E-state index >= 15 is 0 Å². The lowest BCUT2D eigenvalue weighted by atomic mass is 10.1. The summed E-state index contributed by atoms with van der Waals surface area (Å²) in [6, 6.07) is 1.95. The van der Waals surface area contributed by atoms with Crippen molar-refractivity contribution in [2.24, 2.45) is 0 Å². The Balaban J connectivity index is 1.45. The van der Waals surface area contributed by atoms with Gasteiger partial charge in [0.1, 0.15) is 5.65 Å². The van der Waals surface area contributed by atoms with E-state index in [-0.39, 0.29) is 23.2 Å². The number of nitrogens with one attached hydrogen (secondary N) is 1. The van der Waals surface area contributed by atoms with E-state index in [0.717, 1.165) is 24.6 Å². The fourth-order valence-electron chi connectivity index (χ4n) is 4.83. The summed E-state index contributed by atoms with van der Waals surface area (Å²) in [5.74, 6) is 0.473. The van der Waals surface area contributed by atoms with Crippen LogP contribution >= 0.6 is 0 Å². The highest BCUT2D eigenvalue weighted by Gasteiger charge is 2.55. The van der Waals surface area contributed by atoms with Crippen molar-refractivity contribution in [3.05, 3.63) is 28.2 Å². The Morgan fingerprint density at radius 2 is 1.97 bits per heavy atom. The zero-order valence-electron chi connectivity index (χ0n) is 17.3. The van der Waals surface area contributed by atoms with Crippen molar-refractivity contribution in [3.8, 4) is 0 Å². The van der Waals surface area contributed by atoms with Crippen LogP contribution in [-0.2, 0) is 14.8 Å². The number of hydrogen-bond acceptors (Lipinski definition) is 7. The number of nitrogens with zero attached hydrogens (tertiary/aromatic N) is 4. The molecule has 1 aliphatic carbocycles. The second-order valence-corrected chi connectivity index (χ2v) is 10.8. The molecule has 1 N–H and O–H groups in total. The Labute approximate surface area is 175 Å². The van der Waals surface area contributed by atoms with Gasteiger partial charge < -0.3 is 10.1 Å². The number of rotatable bonds is 4. The number of anilines is 1. The molecule has 1 spiro atoms. The minimum absolute atomic E-state index is 0.00755. The minimum Gasteiger partial charge on any atom is -0.373 e. The summed E-state index contributed by atoms with van der Waals surface area (Å²) in [4.78, 5) is 22.3. The van der Waals surface area contributed by atoms with Crippen LogP contribution in [0.1, 0.15) is 43.7 Å². The van der Waals surface area contributed by atoms with Crippen LogP contribution in [0.4, 0.5) is 5.95 Å². The van der Waals surface area contributed by atoms with Gasteiger partial charge in [0.15, 0.2) is 0 Å². The largest absolute Gasteiger partial charge is 0.373 e. The Morgan fingerprint density at radius 1 is 1.23 bits per heavy atom. The molecule has 3 fully saturated rings. The number of ether oxygens (including phenoxy) is 1. The number of sulfonamides is 1. The maximum absolute atomic E-state index is 13.1. The summed E-state index contributed by atoms with van der Waals surface area (Å²) in [5, 5.41) is 4.18. The van der Waals surface area contributed by atoms with Crippen molar-refractivity contribution in [1.29, 1.82) is 0 Å². The van der Waals surface area contributed by atoms with E-state index in [1.165, 1.54) is 10.6 Å². The average molecular weight is 434 g/mol. The van der Waals surface area contributed by atoms with Gasteiger partial charge in [-0.3, -0.25) is 9.36 Å². The summed E-state index contributed by atoms with van der Waals surface area (Å²) in [6.45, 7) is 3.46. The van der Waals surface area contributed by atoms with Crippen LogP contribution in [0, 0.1) is 6.92 Å². The summed E-state index contributed by atoms with van der Waals surface area (Å²) < 4.78 is 32.7. The van der Waals surface area contributed by atoms with Gasteiger partial charge in [0.2, 0.25) is 16.0 Å². The Bertz CT molecular complexity index is 1150. The first-order valence-corrected chi connectivity index (χ1v) is 12.4. The molecule has 10 heteroatoms. The first-order chi connectivity index (χ1) is 14.3. The summed E-state index contributed by atoms with van der Waals surface area (Å²) in [7, 11) is -3.16. The molecular weight excluding hydrogens is 406 g/mol. The fourth-order valence-corrected chi connectivity index (χ4v) is 5.70. The van der Waals surface area contributed by atoms with Gasteiger partial charge in [-0.05, 0) is 45.1 Å². The molecule has 3 aliphatic rings. The first-order valence-electron chi connectivity index (χ1n) is 10.5. The normalized spacial score (nSPS) is 24.5. The minimum atomic E-state index is -3.16. The molecule has 9 nitrogen and oxygen atoms in total. The van der Waals surface area contributed by atoms with Crippen molar-refractivity contribution in [2.45, 2.75) is 56.7 Å². The van der Waals surface area contributed by atoms with Gasteiger partial charge in [0.25, 0.3) is 5.56 Å². The van der Waals surface area contributed by atoms with E-state index in [1.54, 1.807) is 6.20 Å². The second-order valence-electron chi connectivity index (χ2n) is 8.77. The molecule has 0 amide bonds. The van der Waals surface area contributed by atoms with Gasteiger partial charge in [0.05, 0.1) is 17.9 Å². The second kappa shape index (κ2) is 7.00. The van der Waals surface area contributed by atoms with Crippen LogP contribution in [-0.4, -0.2) is 64.9 Å². The van der Waals surface area contributed by atoms with Gasteiger partial charge in [-0.25, -0.2) is 17.7 Å². The first kappa shape index (κ1) is 19.9. The van der Waals surface area contributed by atoms with E-state index in [4.69, 9.17) is 9.72 Å². The van der Waals surface area contributed by atoms with E-state index < -0.39 is 10.0 Å². The molecule has 1 unspecified atom stereocenters. The van der Waals surface area contributed by atoms with E-state index in [0.29, 0.717) is 49.7 Å². The molecule has 4 heterocycles. The van der Waals surface area contributed by atoms with Gasteiger partial charge in [0, 0.05) is 42.9 Å². The highest BCUT2D eigenvalue weighted by molar-refractivity contribution is 7.88. The Kier molecular flexibility index (Phi) is 4.64. The molecule has 2 saturated heterocycles. The third-order valence-corrected chi connectivity index (χ3v) is 7.95. The third-order valence-electron chi connectivity index (χ3n) is 6.65. The number of aromatic nitrogens is 3. The highest BCUT2D eigenvalue weighted by atomic mass is 32.2. The number of fused-ring (bicyclic) bond motifs is 1. The molecule has 1 atom stereocenters. The third kappa shape index (κ3) is 3.40. The SMILES string of the molecule is Cc1cc2cnc(NC3CCN(S(C)(=O)=O)CC3)nc2n(C2CCOC23CC3)c1=O. The molecule has 1 saturated carbocycles. The van der Waals surface area contributed by atoms with Gasteiger partial charge >= 0.3 is 0 Å². The predicted molar refractivity (Wildman–Crippen MR) is 113 cm³/mol. The van der Waals surface area contributed by atoms with Crippen LogP contribution in [0.25, 0.3) is 11.0 Å². The molecule has 5 rings (SSSR count). The van der Waals surface area contributed by atoms with Crippen LogP contribution in [0.2, 0.25) is 0 Å². The predicted octanol–water partition coefficient (Wildman–Crippen LogP) is 1.43. The topological polar surface area (TPSA) is 106 Å². The molecule has 0 radical (unpaired) electrons. The molecule has 30 heavy (non-hydrogen) atoms. The zero-order chi connectivity index (χ0) is 21.1. The van der Waals surface area contributed by atoms with Gasteiger partial charge in [-0.1, -0.05) is 0 Å². The smallest absolute Gasteiger partial charge is 0.255 e. The summed E-state index contributed by atoms with van der Waals surface area (Å²) in [6.07, 6.45) is 7.16. The summed E-state index contributed by atoms with van der Waals surface area (Å²) >= 11 is 0.